The van der Waals surface area contributed by atoms with Crippen molar-refractivity contribution in [2.75, 3.05) is 11.9 Å². The molecule has 1 atom stereocenters. The zero-order valence-corrected chi connectivity index (χ0v) is 12.6. The molecule has 1 aliphatic heterocycles. The van der Waals surface area contributed by atoms with Crippen LogP contribution in [-0.4, -0.2) is 21.3 Å². The van der Waals surface area contributed by atoms with Crippen molar-refractivity contribution in [1.82, 2.24) is 14.8 Å². The summed E-state index contributed by atoms with van der Waals surface area (Å²) in [5.74, 6) is 2.18. The van der Waals surface area contributed by atoms with Gasteiger partial charge < -0.3 is 5.32 Å². The van der Waals surface area contributed by atoms with Gasteiger partial charge in [-0.05, 0) is 31.4 Å². The average molecular weight is 270 g/mol. The van der Waals surface area contributed by atoms with Crippen LogP contribution < -0.4 is 5.32 Å². The molecular formula is C16H22N4. The van der Waals surface area contributed by atoms with Crippen LogP contribution in [0, 0.1) is 13.8 Å². The Labute approximate surface area is 120 Å². The van der Waals surface area contributed by atoms with Gasteiger partial charge in [-0.3, -0.25) is 0 Å². The molecule has 0 saturated heterocycles. The van der Waals surface area contributed by atoms with E-state index in [1.807, 2.05) is 0 Å². The van der Waals surface area contributed by atoms with Crippen molar-refractivity contribution in [3.8, 4) is 0 Å². The minimum Gasteiger partial charge on any atom is -0.354 e. The average Bonchev–Trinajstić information content (AvgIpc) is 2.85. The Morgan fingerprint density at radius 3 is 2.85 bits per heavy atom. The SMILES string of the molecule is Cc1ccc(C)c(C2CCNc3nc(C(C)C)nn32)c1. The van der Waals surface area contributed by atoms with Gasteiger partial charge in [0.25, 0.3) is 0 Å². The Kier molecular flexibility index (Phi) is 3.24. The second-order valence-corrected chi connectivity index (χ2v) is 5.98. The summed E-state index contributed by atoms with van der Waals surface area (Å²) in [5.41, 5.74) is 4.00. The minimum absolute atomic E-state index is 0.297. The van der Waals surface area contributed by atoms with Gasteiger partial charge >= 0.3 is 0 Å². The van der Waals surface area contributed by atoms with E-state index in [2.05, 4.69) is 60.9 Å². The number of benzene rings is 1. The van der Waals surface area contributed by atoms with Crippen molar-refractivity contribution in [2.24, 2.45) is 0 Å². The lowest BCUT2D eigenvalue weighted by atomic mass is 9.96. The summed E-state index contributed by atoms with van der Waals surface area (Å²) < 4.78 is 2.07. The van der Waals surface area contributed by atoms with Gasteiger partial charge in [-0.1, -0.05) is 37.6 Å². The van der Waals surface area contributed by atoms with E-state index in [4.69, 9.17) is 5.10 Å². The smallest absolute Gasteiger partial charge is 0.221 e. The normalized spacial score (nSPS) is 17.9. The van der Waals surface area contributed by atoms with Gasteiger partial charge in [0.2, 0.25) is 5.95 Å². The summed E-state index contributed by atoms with van der Waals surface area (Å²) >= 11 is 0. The summed E-state index contributed by atoms with van der Waals surface area (Å²) in [4.78, 5) is 4.62. The van der Waals surface area contributed by atoms with Crippen LogP contribution in [0.4, 0.5) is 5.95 Å². The zero-order chi connectivity index (χ0) is 14.3. The fourth-order valence-electron chi connectivity index (χ4n) is 2.77. The first-order valence-corrected chi connectivity index (χ1v) is 7.33. The maximum Gasteiger partial charge on any atom is 0.221 e. The van der Waals surface area contributed by atoms with Gasteiger partial charge in [-0.15, -0.1) is 0 Å². The lowest BCUT2D eigenvalue weighted by molar-refractivity contribution is 0.473. The first-order chi connectivity index (χ1) is 9.56. The molecule has 0 radical (unpaired) electrons. The third kappa shape index (κ3) is 2.19. The molecule has 1 unspecified atom stereocenters. The molecule has 0 fully saturated rings. The molecular weight excluding hydrogens is 248 g/mol. The third-order valence-electron chi connectivity index (χ3n) is 3.95. The first kappa shape index (κ1) is 13.2. The molecule has 0 bridgehead atoms. The number of hydrogen-bond donors (Lipinski definition) is 1. The number of anilines is 1. The van der Waals surface area contributed by atoms with Crippen LogP contribution in [0.25, 0.3) is 0 Å². The summed E-state index contributed by atoms with van der Waals surface area (Å²) in [6.45, 7) is 9.54. The molecule has 2 heterocycles. The first-order valence-electron chi connectivity index (χ1n) is 7.33. The molecule has 1 aromatic carbocycles. The van der Waals surface area contributed by atoms with Crippen LogP contribution in [-0.2, 0) is 0 Å². The van der Waals surface area contributed by atoms with Gasteiger partial charge in [0, 0.05) is 12.5 Å². The lowest BCUT2D eigenvalue weighted by Gasteiger charge is -2.26. The Morgan fingerprint density at radius 1 is 1.30 bits per heavy atom. The van der Waals surface area contributed by atoms with Crippen LogP contribution in [0.2, 0.25) is 0 Å². The second-order valence-electron chi connectivity index (χ2n) is 5.98. The Bertz CT molecular complexity index is 627. The molecule has 1 aromatic heterocycles. The van der Waals surface area contributed by atoms with Crippen LogP contribution >= 0.6 is 0 Å². The topological polar surface area (TPSA) is 42.7 Å². The molecule has 4 heteroatoms. The molecule has 4 nitrogen and oxygen atoms in total. The largest absolute Gasteiger partial charge is 0.354 e. The third-order valence-corrected chi connectivity index (χ3v) is 3.95. The number of nitrogens with zero attached hydrogens (tertiary/aromatic N) is 3. The van der Waals surface area contributed by atoms with Crippen molar-refractivity contribution in [3.63, 3.8) is 0 Å². The quantitative estimate of drug-likeness (QED) is 0.909. The van der Waals surface area contributed by atoms with Gasteiger partial charge in [0.15, 0.2) is 5.82 Å². The number of rotatable bonds is 2. The predicted octanol–water partition coefficient (Wildman–Crippen LogP) is 3.42. The molecule has 0 aliphatic carbocycles. The molecule has 1 N–H and O–H groups in total. The molecule has 0 spiro atoms. The minimum atomic E-state index is 0.297. The van der Waals surface area contributed by atoms with Crippen LogP contribution in [0.3, 0.4) is 0 Å². The summed E-state index contributed by atoms with van der Waals surface area (Å²) in [6.07, 6.45) is 1.05. The molecule has 0 amide bonds. The highest BCUT2D eigenvalue weighted by atomic mass is 15.4. The maximum atomic E-state index is 4.72. The molecule has 20 heavy (non-hydrogen) atoms. The van der Waals surface area contributed by atoms with Crippen molar-refractivity contribution in [2.45, 2.75) is 46.1 Å². The van der Waals surface area contributed by atoms with E-state index in [0.29, 0.717) is 12.0 Å². The molecule has 1 aliphatic rings. The van der Waals surface area contributed by atoms with E-state index in [0.717, 1.165) is 24.7 Å². The van der Waals surface area contributed by atoms with Gasteiger partial charge in [0.05, 0.1) is 6.04 Å². The highest BCUT2D eigenvalue weighted by Crippen LogP contribution is 2.31. The van der Waals surface area contributed by atoms with E-state index in [-0.39, 0.29) is 0 Å². The summed E-state index contributed by atoms with van der Waals surface area (Å²) in [5, 5.41) is 8.08. The fraction of sp³-hybridized carbons (Fsp3) is 0.500. The molecule has 3 rings (SSSR count). The summed E-state index contributed by atoms with van der Waals surface area (Å²) in [6, 6.07) is 6.95. The van der Waals surface area contributed by atoms with Crippen molar-refractivity contribution >= 4 is 5.95 Å². The standard InChI is InChI=1S/C16H22N4/c1-10(2)15-18-16-17-8-7-14(20(16)19-15)13-9-11(3)5-6-12(13)4/h5-6,9-10,14H,7-8H2,1-4H3,(H,17,18,19). The fourth-order valence-corrected chi connectivity index (χ4v) is 2.77. The van der Waals surface area contributed by atoms with Crippen LogP contribution in [0.5, 0.6) is 0 Å². The highest BCUT2D eigenvalue weighted by Gasteiger charge is 2.26. The van der Waals surface area contributed by atoms with E-state index in [1.165, 1.54) is 16.7 Å². The monoisotopic (exact) mass is 270 g/mol. The number of hydrogen-bond acceptors (Lipinski definition) is 3. The predicted molar refractivity (Wildman–Crippen MR) is 81.3 cm³/mol. The number of nitrogens with one attached hydrogen (secondary N) is 1. The van der Waals surface area contributed by atoms with Crippen LogP contribution in [0.15, 0.2) is 18.2 Å². The molecule has 0 saturated carbocycles. The number of aryl methyl sites for hydroxylation is 2. The van der Waals surface area contributed by atoms with E-state index in [1.54, 1.807) is 0 Å². The Hall–Kier alpha value is -1.84. The van der Waals surface area contributed by atoms with Crippen molar-refractivity contribution in [3.05, 3.63) is 40.7 Å². The maximum absolute atomic E-state index is 4.72. The second kappa shape index (κ2) is 4.93. The number of fused-ring (bicyclic) bond motifs is 1. The van der Waals surface area contributed by atoms with E-state index >= 15 is 0 Å². The number of aromatic nitrogens is 3. The van der Waals surface area contributed by atoms with Crippen molar-refractivity contribution in [1.29, 1.82) is 0 Å². The lowest BCUT2D eigenvalue weighted by Crippen LogP contribution is -2.25. The zero-order valence-electron chi connectivity index (χ0n) is 12.6. The highest BCUT2D eigenvalue weighted by molar-refractivity contribution is 5.38. The van der Waals surface area contributed by atoms with Gasteiger partial charge in [-0.25, -0.2) is 4.68 Å². The van der Waals surface area contributed by atoms with Gasteiger partial charge in [-0.2, -0.15) is 10.1 Å². The van der Waals surface area contributed by atoms with Crippen LogP contribution in [0.1, 0.15) is 54.7 Å². The van der Waals surface area contributed by atoms with Gasteiger partial charge in [0.1, 0.15) is 0 Å². The molecule has 2 aromatic rings. The van der Waals surface area contributed by atoms with E-state index < -0.39 is 0 Å². The Morgan fingerprint density at radius 2 is 2.10 bits per heavy atom. The molecule has 106 valence electrons. The Balaban J connectivity index is 2.07. The van der Waals surface area contributed by atoms with Crippen molar-refractivity contribution < 1.29 is 0 Å². The summed E-state index contributed by atoms with van der Waals surface area (Å²) in [7, 11) is 0. The van der Waals surface area contributed by atoms with E-state index in [9.17, 15) is 0 Å².